The van der Waals surface area contributed by atoms with Crippen LogP contribution in [0.1, 0.15) is 6.92 Å². The summed E-state index contributed by atoms with van der Waals surface area (Å²) in [6.07, 6.45) is 1.11. The number of hydrogen-bond donors (Lipinski definition) is 1. The molecule has 2 atom stereocenters. The van der Waals surface area contributed by atoms with Gasteiger partial charge in [-0.25, -0.2) is 0 Å². The van der Waals surface area contributed by atoms with E-state index < -0.39 is 6.10 Å². The van der Waals surface area contributed by atoms with Crippen molar-refractivity contribution < 1.29 is 14.6 Å². The molecule has 0 aliphatic carbocycles. The average Bonchev–Trinajstić information content (AvgIpc) is 2.70. The summed E-state index contributed by atoms with van der Waals surface area (Å²) >= 11 is 1.45. The Bertz CT molecular complexity index is 321. The molecule has 0 spiro atoms. The molecule has 6 nitrogen and oxygen atoms in total. The maximum atomic E-state index is 9.71. The number of aryl methyl sites for hydroxylation is 1. The Labute approximate surface area is 105 Å². The first-order valence-electron chi connectivity index (χ1n) is 5.39. The number of nitrogens with zero attached hydrogens (tertiary/aromatic N) is 3. The molecule has 0 aliphatic heterocycles. The van der Waals surface area contributed by atoms with E-state index in [0.29, 0.717) is 19.0 Å². The van der Waals surface area contributed by atoms with E-state index in [4.69, 9.17) is 9.47 Å². The van der Waals surface area contributed by atoms with Crippen LogP contribution in [0.15, 0.2) is 11.5 Å². The molecule has 7 heteroatoms. The fourth-order valence-electron chi connectivity index (χ4n) is 1.18. The lowest BCUT2D eigenvalue weighted by molar-refractivity contribution is -0.0257. The minimum atomic E-state index is -0.518. The van der Waals surface area contributed by atoms with Crippen LogP contribution in [-0.2, 0) is 16.5 Å². The highest BCUT2D eigenvalue weighted by molar-refractivity contribution is 7.99. The van der Waals surface area contributed by atoms with Gasteiger partial charge in [-0.1, -0.05) is 11.8 Å². The highest BCUT2D eigenvalue weighted by Crippen LogP contribution is 2.14. The number of ether oxygens (including phenoxy) is 2. The Kier molecular flexibility index (Phi) is 6.49. The van der Waals surface area contributed by atoms with E-state index >= 15 is 0 Å². The minimum Gasteiger partial charge on any atom is -0.390 e. The largest absolute Gasteiger partial charge is 0.390 e. The number of thioether (sulfide) groups is 1. The van der Waals surface area contributed by atoms with Gasteiger partial charge < -0.3 is 19.1 Å². The quantitative estimate of drug-likeness (QED) is 0.680. The van der Waals surface area contributed by atoms with Gasteiger partial charge in [0.2, 0.25) is 0 Å². The smallest absolute Gasteiger partial charge is 0.190 e. The van der Waals surface area contributed by atoms with Gasteiger partial charge in [0.15, 0.2) is 5.16 Å². The van der Waals surface area contributed by atoms with E-state index in [9.17, 15) is 5.11 Å². The third kappa shape index (κ3) is 5.49. The second-order valence-electron chi connectivity index (χ2n) is 3.79. The van der Waals surface area contributed by atoms with Crippen LogP contribution in [0.4, 0.5) is 0 Å². The molecule has 0 saturated heterocycles. The van der Waals surface area contributed by atoms with Gasteiger partial charge in [-0.05, 0) is 6.92 Å². The molecule has 1 aromatic heterocycles. The van der Waals surface area contributed by atoms with E-state index in [-0.39, 0.29) is 6.10 Å². The lowest BCUT2D eigenvalue weighted by Gasteiger charge is -2.15. The van der Waals surface area contributed by atoms with Crippen LogP contribution in [0.3, 0.4) is 0 Å². The number of aromatic nitrogens is 3. The maximum absolute atomic E-state index is 9.71. The number of methoxy groups -OCH3 is 1. The predicted octanol–water partition coefficient (Wildman–Crippen LogP) is 0.320. The summed E-state index contributed by atoms with van der Waals surface area (Å²) in [7, 11) is 3.49. The van der Waals surface area contributed by atoms with Crippen molar-refractivity contribution >= 4 is 11.8 Å². The SMILES string of the molecule is COCC(C)OCC(O)CSc1nncn1C. The van der Waals surface area contributed by atoms with Crippen LogP contribution in [0.2, 0.25) is 0 Å². The van der Waals surface area contributed by atoms with Gasteiger partial charge in [0.05, 0.1) is 25.4 Å². The molecular formula is C10H19N3O3S. The standard InChI is InChI=1S/C10H19N3O3S/c1-8(4-15-3)16-5-9(14)6-17-10-12-11-7-13(10)2/h7-9,14H,4-6H2,1-3H3. The summed E-state index contributed by atoms with van der Waals surface area (Å²) < 4.78 is 12.2. The number of aliphatic hydroxyl groups is 1. The first kappa shape index (κ1) is 14.4. The zero-order valence-corrected chi connectivity index (χ0v) is 11.2. The Hall–Kier alpha value is -0.630. The van der Waals surface area contributed by atoms with E-state index in [1.165, 1.54) is 11.8 Å². The highest BCUT2D eigenvalue weighted by Gasteiger charge is 2.10. The van der Waals surface area contributed by atoms with Crippen molar-refractivity contribution in [3.8, 4) is 0 Å². The van der Waals surface area contributed by atoms with Crippen molar-refractivity contribution in [1.82, 2.24) is 14.8 Å². The molecule has 0 bridgehead atoms. The Balaban J connectivity index is 2.17. The third-order valence-electron chi connectivity index (χ3n) is 2.05. The van der Waals surface area contributed by atoms with Crippen molar-refractivity contribution in [1.29, 1.82) is 0 Å². The summed E-state index contributed by atoms with van der Waals surface area (Å²) in [5.74, 6) is 0.534. The highest BCUT2D eigenvalue weighted by atomic mass is 32.2. The molecule has 1 rings (SSSR count). The second kappa shape index (κ2) is 7.65. The molecule has 1 heterocycles. The van der Waals surface area contributed by atoms with Gasteiger partial charge in [-0.15, -0.1) is 10.2 Å². The van der Waals surface area contributed by atoms with Crippen molar-refractivity contribution in [3.63, 3.8) is 0 Å². The maximum Gasteiger partial charge on any atom is 0.190 e. The van der Waals surface area contributed by atoms with Crippen molar-refractivity contribution in [3.05, 3.63) is 6.33 Å². The lowest BCUT2D eigenvalue weighted by Crippen LogP contribution is -2.24. The number of hydrogen-bond acceptors (Lipinski definition) is 6. The topological polar surface area (TPSA) is 69.4 Å². The summed E-state index contributed by atoms with van der Waals surface area (Å²) in [6, 6.07) is 0. The minimum absolute atomic E-state index is 0.00511. The molecule has 0 radical (unpaired) electrons. The molecule has 2 unspecified atom stereocenters. The van der Waals surface area contributed by atoms with Gasteiger partial charge in [0, 0.05) is 19.9 Å². The molecule has 98 valence electrons. The molecule has 0 aromatic carbocycles. The molecule has 0 fully saturated rings. The summed E-state index contributed by atoms with van der Waals surface area (Å²) in [5, 5.41) is 18.2. The molecule has 1 aromatic rings. The Morgan fingerprint density at radius 1 is 1.53 bits per heavy atom. The molecule has 1 N–H and O–H groups in total. The van der Waals surface area contributed by atoms with Gasteiger partial charge in [0.25, 0.3) is 0 Å². The molecule has 17 heavy (non-hydrogen) atoms. The number of aliphatic hydroxyl groups excluding tert-OH is 1. The Morgan fingerprint density at radius 2 is 2.29 bits per heavy atom. The van der Waals surface area contributed by atoms with Crippen LogP contribution >= 0.6 is 11.8 Å². The normalized spacial score (nSPS) is 14.8. The fourth-order valence-corrected chi connectivity index (χ4v) is 1.97. The van der Waals surface area contributed by atoms with Crippen LogP contribution < -0.4 is 0 Å². The average molecular weight is 261 g/mol. The first-order chi connectivity index (χ1) is 8.13. The van der Waals surface area contributed by atoms with Gasteiger partial charge in [-0.2, -0.15) is 0 Å². The van der Waals surface area contributed by atoms with E-state index in [0.717, 1.165) is 5.16 Å². The summed E-state index contributed by atoms with van der Waals surface area (Å²) in [6.45, 7) is 2.74. The monoisotopic (exact) mass is 261 g/mol. The lowest BCUT2D eigenvalue weighted by atomic mass is 10.4. The van der Waals surface area contributed by atoms with Crippen molar-refractivity contribution in [2.45, 2.75) is 24.3 Å². The van der Waals surface area contributed by atoms with Crippen molar-refractivity contribution in [2.24, 2.45) is 7.05 Å². The van der Waals surface area contributed by atoms with E-state index in [1.807, 2.05) is 18.5 Å². The van der Waals surface area contributed by atoms with Gasteiger partial charge in [0.1, 0.15) is 6.33 Å². The first-order valence-corrected chi connectivity index (χ1v) is 6.37. The third-order valence-corrected chi connectivity index (χ3v) is 3.23. The van der Waals surface area contributed by atoms with E-state index in [2.05, 4.69) is 10.2 Å². The van der Waals surface area contributed by atoms with E-state index in [1.54, 1.807) is 13.4 Å². The molecule has 0 amide bonds. The second-order valence-corrected chi connectivity index (χ2v) is 4.78. The Morgan fingerprint density at radius 3 is 2.88 bits per heavy atom. The zero-order valence-electron chi connectivity index (χ0n) is 10.4. The van der Waals surface area contributed by atoms with Crippen LogP contribution in [0.5, 0.6) is 0 Å². The van der Waals surface area contributed by atoms with Gasteiger partial charge in [-0.3, -0.25) is 0 Å². The molecular weight excluding hydrogens is 242 g/mol. The zero-order chi connectivity index (χ0) is 12.7. The summed E-state index contributed by atoms with van der Waals surface area (Å²) in [4.78, 5) is 0. The predicted molar refractivity (Wildman–Crippen MR) is 65.0 cm³/mol. The van der Waals surface area contributed by atoms with Crippen LogP contribution in [0, 0.1) is 0 Å². The molecule has 0 saturated carbocycles. The fraction of sp³-hybridized carbons (Fsp3) is 0.800. The van der Waals surface area contributed by atoms with Crippen LogP contribution in [-0.4, -0.2) is 58.2 Å². The number of rotatable bonds is 8. The molecule has 0 aliphatic rings. The van der Waals surface area contributed by atoms with Crippen molar-refractivity contribution in [2.75, 3.05) is 26.1 Å². The summed E-state index contributed by atoms with van der Waals surface area (Å²) in [5.41, 5.74) is 0. The van der Waals surface area contributed by atoms with Gasteiger partial charge >= 0.3 is 0 Å². The van der Waals surface area contributed by atoms with Crippen LogP contribution in [0.25, 0.3) is 0 Å².